The summed E-state index contributed by atoms with van der Waals surface area (Å²) in [6, 6.07) is 0. The van der Waals surface area contributed by atoms with Gasteiger partial charge in [-0.05, 0) is 19.8 Å². The van der Waals surface area contributed by atoms with E-state index in [1.807, 2.05) is 0 Å². The first-order chi connectivity index (χ1) is 8.26. The van der Waals surface area contributed by atoms with Crippen molar-refractivity contribution in [3.63, 3.8) is 0 Å². The Balaban J connectivity index is 1.64. The maximum absolute atomic E-state index is 4.58. The fourth-order valence-electron chi connectivity index (χ4n) is 3.27. The van der Waals surface area contributed by atoms with Crippen molar-refractivity contribution in [2.24, 2.45) is 0 Å². The van der Waals surface area contributed by atoms with E-state index in [1.165, 1.54) is 49.5 Å². The summed E-state index contributed by atoms with van der Waals surface area (Å²) in [4.78, 5) is 7.16. The fourth-order valence-corrected chi connectivity index (χ4v) is 3.88. The number of piperazine rings is 1. The average molecular weight is 251 g/mol. The molecule has 1 aliphatic heterocycles. The standard InChI is InChI=1S/C13H21N3S/c1-11-15-12(9-17-11)8-16-7-6-14-13(10-16)4-2-3-5-13/h9,14H,2-8,10H2,1H3. The molecule has 1 saturated heterocycles. The van der Waals surface area contributed by atoms with Crippen molar-refractivity contribution in [2.75, 3.05) is 19.6 Å². The van der Waals surface area contributed by atoms with Crippen LogP contribution in [0.25, 0.3) is 0 Å². The average Bonchev–Trinajstić information content (AvgIpc) is 2.89. The Morgan fingerprint density at radius 1 is 1.47 bits per heavy atom. The third kappa shape index (κ3) is 2.54. The molecule has 3 rings (SSSR count). The van der Waals surface area contributed by atoms with Gasteiger partial charge in [0.15, 0.2) is 0 Å². The summed E-state index contributed by atoms with van der Waals surface area (Å²) in [6.07, 6.45) is 5.52. The second kappa shape index (κ2) is 4.67. The van der Waals surface area contributed by atoms with Gasteiger partial charge in [0.05, 0.1) is 10.7 Å². The van der Waals surface area contributed by atoms with Gasteiger partial charge in [0, 0.05) is 37.1 Å². The minimum atomic E-state index is 0.434. The molecule has 0 bridgehead atoms. The monoisotopic (exact) mass is 251 g/mol. The molecule has 2 aliphatic rings. The van der Waals surface area contributed by atoms with Crippen LogP contribution in [0, 0.1) is 6.92 Å². The molecule has 0 aromatic carbocycles. The van der Waals surface area contributed by atoms with Gasteiger partial charge in [0.2, 0.25) is 0 Å². The van der Waals surface area contributed by atoms with E-state index in [1.54, 1.807) is 11.3 Å². The predicted octanol–water partition coefficient (Wildman–Crippen LogP) is 2.17. The van der Waals surface area contributed by atoms with Crippen molar-refractivity contribution >= 4 is 11.3 Å². The number of hydrogen-bond donors (Lipinski definition) is 1. The van der Waals surface area contributed by atoms with Gasteiger partial charge in [0.1, 0.15) is 0 Å². The van der Waals surface area contributed by atoms with Gasteiger partial charge in [-0.1, -0.05) is 12.8 Å². The highest BCUT2D eigenvalue weighted by molar-refractivity contribution is 7.09. The highest BCUT2D eigenvalue weighted by Crippen LogP contribution is 2.32. The zero-order chi connectivity index (χ0) is 11.7. The van der Waals surface area contributed by atoms with Gasteiger partial charge in [-0.25, -0.2) is 4.98 Å². The molecule has 1 aromatic heterocycles. The Morgan fingerprint density at radius 2 is 2.29 bits per heavy atom. The smallest absolute Gasteiger partial charge is 0.0897 e. The first-order valence-corrected chi connectivity index (χ1v) is 7.52. The van der Waals surface area contributed by atoms with Crippen molar-refractivity contribution < 1.29 is 0 Å². The van der Waals surface area contributed by atoms with Crippen molar-refractivity contribution in [1.82, 2.24) is 15.2 Å². The molecule has 0 atom stereocenters. The molecule has 0 radical (unpaired) electrons. The summed E-state index contributed by atoms with van der Waals surface area (Å²) in [7, 11) is 0. The number of nitrogens with zero attached hydrogens (tertiary/aromatic N) is 2. The Labute approximate surface area is 107 Å². The van der Waals surface area contributed by atoms with E-state index in [0.29, 0.717) is 5.54 Å². The lowest BCUT2D eigenvalue weighted by molar-refractivity contribution is 0.128. The van der Waals surface area contributed by atoms with Crippen LogP contribution in [0.2, 0.25) is 0 Å². The second-order valence-electron chi connectivity index (χ2n) is 5.48. The third-order valence-corrected chi connectivity index (χ3v) is 4.89. The summed E-state index contributed by atoms with van der Waals surface area (Å²) < 4.78 is 0. The quantitative estimate of drug-likeness (QED) is 0.873. The van der Waals surface area contributed by atoms with E-state index >= 15 is 0 Å². The van der Waals surface area contributed by atoms with Gasteiger partial charge in [0.25, 0.3) is 0 Å². The number of thiazole rings is 1. The molecule has 4 heteroatoms. The minimum absolute atomic E-state index is 0.434. The summed E-state index contributed by atoms with van der Waals surface area (Å²) in [6.45, 7) is 6.64. The molecular formula is C13H21N3S. The largest absolute Gasteiger partial charge is 0.309 e. The summed E-state index contributed by atoms with van der Waals surface area (Å²) in [5, 5.41) is 7.15. The zero-order valence-electron chi connectivity index (χ0n) is 10.5. The van der Waals surface area contributed by atoms with Crippen LogP contribution >= 0.6 is 11.3 Å². The molecular weight excluding hydrogens is 230 g/mol. The lowest BCUT2D eigenvalue weighted by atomic mass is 9.94. The van der Waals surface area contributed by atoms with Crippen LogP contribution in [0.15, 0.2) is 5.38 Å². The third-order valence-electron chi connectivity index (χ3n) is 4.07. The molecule has 3 nitrogen and oxygen atoms in total. The number of aromatic nitrogens is 1. The van der Waals surface area contributed by atoms with Gasteiger partial charge >= 0.3 is 0 Å². The molecule has 2 heterocycles. The van der Waals surface area contributed by atoms with Crippen LogP contribution in [0.5, 0.6) is 0 Å². The van der Waals surface area contributed by atoms with Gasteiger partial charge in [-0.15, -0.1) is 11.3 Å². The van der Waals surface area contributed by atoms with E-state index in [-0.39, 0.29) is 0 Å². The Hall–Kier alpha value is -0.450. The molecule has 1 saturated carbocycles. The normalized spacial score (nSPS) is 24.5. The molecule has 1 spiro atoms. The molecule has 1 N–H and O–H groups in total. The van der Waals surface area contributed by atoms with E-state index in [4.69, 9.17) is 0 Å². The van der Waals surface area contributed by atoms with E-state index in [2.05, 4.69) is 27.5 Å². The molecule has 0 unspecified atom stereocenters. The number of rotatable bonds is 2. The number of hydrogen-bond acceptors (Lipinski definition) is 4. The van der Waals surface area contributed by atoms with Gasteiger partial charge in [-0.2, -0.15) is 0 Å². The molecule has 1 aromatic rings. The molecule has 1 aliphatic carbocycles. The molecule has 2 fully saturated rings. The molecule has 94 valence electrons. The van der Waals surface area contributed by atoms with E-state index in [9.17, 15) is 0 Å². The lowest BCUT2D eigenvalue weighted by Gasteiger charge is -2.41. The van der Waals surface area contributed by atoms with E-state index < -0.39 is 0 Å². The SMILES string of the molecule is Cc1nc(CN2CCNC3(CCCC3)C2)cs1. The summed E-state index contributed by atoms with van der Waals surface area (Å²) in [5.41, 5.74) is 1.69. The van der Waals surface area contributed by atoms with Crippen molar-refractivity contribution in [3.8, 4) is 0 Å². The Morgan fingerprint density at radius 3 is 3.00 bits per heavy atom. The first kappa shape index (κ1) is 11.6. The Kier molecular flexibility index (Phi) is 3.19. The number of nitrogens with one attached hydrogen (secondary N) is 1. The van der Waals surface area contributed by atoms with Crippen molar-refractivity contribution in [2.45, 2.75) is 44.7 Å². The number of aryl methyl sites for hydroxylation is 1. The second-order valence-corrected chi connectivity index (χ2v) is 6.54. The zero-order valence-corrected chi connectivity index (χ0v) is 11.4. The molecule has 17 heavy (non-hydrogen) atoms. The minimum Gasteiger partial charge on any atom is -0.309 e. The molecule has 0 amide bonds. The van der Waals surface area contributed by atoms with Crippen LogP contribution in [0.4, 0.5) is 0 Å². The van der Waals surface area contributed by atoms with Gasteiger partial charge in [-0.3, -0.25) is 4.90 Å². The van der Waals surface area contributed by atoms with Crippen LogP contribution in [0.3, 0.4) is 0 Å². The first-order valence-electron chi connectivity index (χ1n) is 6.64. The lowest BCUT2D eigenvalue weighted by Crippen LogP contribution is -2.58. The summed E-state index contributed by atoms with van der Waals surface area (Å²) in [5.74, 6) is 0. The van der Waals surface area contributed by atoms with Crippen molar-refractivity contribution in [1.29, 1.82) is 0 Å². The fraction of sp³-hybridized carbons (Fsp3) is 0.769. The van der Waals surface area contributed by atoms with Crippen LogP contribution < -0.4 is 5.32 Å². The highest BCUT2D eigenvalue weighted by atomic mass is 32.1. The van der Waals surface area contributed by atoms with Crippen LogP contribution in [0.1, 0.15) is 36.4 Å². The van der Waals surface area contributed by atoms with Crippen LogP contribution in [-0.4, -0.2) is 35.1 Å². The van der Waals surface area contributed by atoms with Crippen molar-refractivity contribution in [3.05, 3.63) is 16.1 Å². The van der Waals surface area contributed by atoms with E-state index in [0.717, 1.165) is 13.1 Å². The predicted molar refractivity (Wildman–Crippen MR) is 71.3 cm³/mol. The topological polar surface area (TPSA) is 28.2 Å². The maximum atomic E-state index is 4.58. The van der Waals surface area contributed by atoms with Gasteiger partial charge < -0.3 is 5.32 Å². The Bertz CT molecular complexity index is 382. The maximum Gasteiger partial charge on any atom is 0.0897 e. The highest BCUT2D eigenvalue weighted by Gasteiger charge is 2.37. The van der Waals surface area contributed by atoms with Crippen LogP contribution in [-0.2, 0) is 6.54 Å². The summed E-state index contributed by atoms with van der Waals surface area (Å²) >= 11 is 1.76.